The highest BCUT2D eigenvalue weighted by Gasteiger charge is 2.24. The van der Waals surface area contributed by atoms with Gasteiger partial charge in [0.15, 0.2) is 0 Å². The number of aliphatic carboxylic acids is 1. The van der Waals surface area contributed by atoms with Gasteiger partial charge in [-0.25, -0.2) is 4.79 Å². The lowest BCUT2D eigenvalue weighted by molar-refractivity contribution is -0.139. The van der Waals surface area contributed by atoms with Crippen LogP contribution in [0.15, 0.2) is 30.3 Å². The van der Waals surface area contributed by atoms with Gasteiger partial charge in [0.05, 0.1) is 31.3 Å². The number of alkyl carbamates (subject to hydrolysis) is 1. The van der Waals surface area contributed by atoms with Crippen LogP contribution in [0.25, 0.3) is 0 Å². The van der Waals surface area contributed by atoms with Gasteiger partial charge in [0, 0.05) is 12.8 Å². The fraction of sp³-hybridized carbons (Fsp3) is 0.700. The summed E-state index contributed by atoms with van der Waals surface area (Å²) in [5, 5.41) is 21.1. The third kappa shape index (κ3) is 17.9. The molecule has 0 spiro atoms. The van der Waals surface area contributed by atoms with E-state index in [1.165, 1.54) is 0 Å². The van der Waals surface area contributed by atoms with Crippen LogP contribution in [0.5, 0.6) is 0 Å². The Morgan fingerprint density at radius 3 is 2.11 bits per heavy atom. The summed E-state index contributed by atoms with van der Waals surface area (Å²) < 4.78 is 11.5. The van der Waals surface area contributed by atoms with Crippen molar-refractivity contribution in [3.05, 3.63) is 35.9 Å². The number of hydrogen-bond acceptors (Lipinski definition) is 6. The molecule has 0 fully saturated rings. The van der Waals surface area contributed by atoms with E-state index in [9.17, 15) is 19.5 Å². The Balaban J connectivity index is 2.33. The van der Waals surface area contributed by atoms with Crippen LogP contribution in [0.3, 0.4) is 0 Å². The van der Waals surface area contributed by atoms with E-state index in [1.807, 2.05) is 58.0 Å². The second-order valence-electron chi connectivity index (χ2n) is 11.1. The van der Waals surface area contributed by atoms with Crippen molar-refractivity contribution in [3.8, 4) is 0 Å². The molecular weight excluding hydrogens is 486 g/mol. The van der Waals surface area contributed by atoms with Crippen molar-refractivity contribution < 1.29 is 34.1 Å². The molecule has 0 saturated heterocycles. The van der Waals surface area contributed by atoms with Crippen molar-refractivity contribution in [2.75, 3.05) is 0 Å². The summed E-state index contributed by atoms with van der Waals surface area (Å²) in [7, 11) is 0. The summed E-state index contributed by atoms with van der Waals surface area (Å²) in [5.74, 6) is -0.760. The number of carboxylic acids is 1. The maximum Gasteiger partial charge on any atom is 0.407 e. The second kappa shape index (κ2) is 18.7. The molecule has 3 atom stereocenters. The van der Waals surface area contributed by atoms with E-state index in [0.717, 1.165) is 50.5 Å². The van der Waals surface area contributed by atoms with Gasteiger partial charge in [-0.2, -0.15) is 0 Å². The minimum absolute atomic E-state index is 0.187. The van der Waals surface area contributed by atoms with Gasteiger partial charge in [0.25, 0.3) is 0 Å². The van der Waals surface area contributed by atoms with Crippen molar-refractivity contribution in [2.24, 2.45) is 0 Å². The van der Waals surface area contributed by atoms with Gasteiger partial charge in [0.2, 0.25) is 0 Å². The summed E-state index contributed by atoms with van der Waals surface area (Å²) in [5.41, 5.74) is 0.440. The predicted molar refractivity (Wildman–Crippen MR) is 148 cm³/mol. The topological polar surface area (TPSA) is 122 Å². The number of ether oxygens (including phenoxy) is 2. The van der Waals surface area contributed by atoms with E-state index >= 15 is 0 Å². The van der Waals surface area contributed by atoms with Crippen molar-refractivity contribution >= 4 is 17.8 Å². The van der Waals surface area contributed by atoms with Crippen molar-refractivity contribution in [3.63, 3.8) is 0 Å². The molecule has 0 bridgehead atoms. The molecule has 0 saturated carbocycles. The highest BCUT2D eigenvalue weighted by atomic mass is 16.6. The fourth-order valence-electron chi connectivity index (χ4n) is 4.16. The summed E-state index contributed by atoms with van der Waals surface area (Å²) in [6, 6.07) is 9.50. The number of carbonyl (C=O) groups excluding carboxylic acids is 2. The van der Waals surface area contributed by atoms with Crippen molar-refractivity contribution in [2.45, 2.75) is 135 Å². The number of ketones is 1. The fourth-order valence-corrected chi connectivity index (χ4v) is 4.16. The maximum absolute atomic E-state index is 12.5. The average Bonchev–Trinajstić information content (AvgIpc) is 2.81. The summed E-state index contributed by atoms with van der Waals surface area (Å²) >= 11 is 0. The molecule has 0 heterocycles. The van der Waals surface area contributed by atoms with Crippen LogP contribution in [0, 0.1) is 0 Å². The van der Waals surface area contributed by atoms with Crippen LogP contribution in [-0.4, -0.2) is 51.9 Å². The number of Topliss-reactive ketones (excluding diaryl/α,β-unsaturated/α-hetero) is 1. The number of hydrogen-bond donors (Lipinski definition) is 3. The Bertz CT molecular complexity index is 807. The summed E-state index contributed by atoms with van der Waals surface area (Å²) in [4.78, 5) is 35.3. The Labute approximate surface area is 228 Å². The summed E-state index contributed by atoms with van der Waals surface area (Å²) in [6.07, 6.45) is 7.10. The van der Waals surface area contributed by atoms with Gasteiger partial charge in [-0.05, 0) is 52.5 Å². The average molecular weight is 536 g/mol. The molecule has 0 aliphatic heterocycles. The molecule has 1 aromatic rings. The first-order chi connectivity index (χ1) is 18.0. The van der Waals surface area contributed by atoms with E-state index in [2.05, 4.69) is 5.32 Å². The molecule has 38 heavy (non-hydrogen) atoms. The van der Waals surface area contributed by atoms with Crippen LogP contribution in [0.4, 0.5) is 4.79 Å². The molecule has 0 unspecified atom stereocenters. The van der Waals surface area contributed by atoms with Crippen LogP contribution in [0.1, 0.15) is 110 Å². The molecule has 216 valence electrons. The lowest BCUT2D eigenvalue weighted by Gasteiger charge is -2.27. The van der Waals surface area contributed by atoms with Crippen LogP contribution in [0.2, 0.25) is 0 Å². The number of benzene rings is 1. The molecule has 1 amide bonds. The first-order valence-electron chi connectivity index (χ1n) is 14.0. The lowest BCUT2D eigenvalue weighted by atomic mass is 10.0. The second-order valence-corrected chi connectivity index (χ2v) is 11.1. The van der Waals surface area contributed by atoms with Gasteiger partial charge in [-0.1, -0.05) is 68.9 Å². The van der Waals surface area contributed by atoms with E-state index in [0.29, 0.717) is 32.3 Å². The maximum atomic E-state index is 12.5. The van der Waals surface area contributed by atoms with Crippen LogP contribution >= 0.6 is 0 Å². The summed E-state index contributed by atoms with van der Waals surface area (Å²) in [6.45, 7) is 7.72. The van der Waals surface area contributed by atoms with E-state index < -0.39 is 23.8 Å². The zero-order valence-corrected chi connectivity index (χ0v) is 23.7. The standard InChI is InChI=1S/C30H49NO7/c1-23(31-29(36)38-30(2,3)4)27(37-22-24-15-11-10-12-16-24)20-19-25(32)17-13-8-6-5-7-9-14-18-26(33)21-28(34)35/h10-12,15-16,23,26-27,33H,5-9,13-14,17-22H2,1-4H3,(H,31,36)(H,34,35)/t23-,26+,27+/m0/s1. The number of unbranched alkanes of at least 4 members (excludes halogenated alkanes) is 6. The predicted octanol–water partition coefficient (Wildman–Crippen LogP) is 6.18. The molecule has 8 nitrogen and oxygen atoms in total. The molecule has 8 heteroatoms. The minimum atomic E-state index is -0.964. The zero-order chi connectivity index (χ0) is 28.4. The van der Waals surface area contributed by atoms with Gasteiger partial charge in [-0.15, -0.1) is 0 Å². The number of carbonyl (C=O) groups is 3. The highest BCUT2D eigenvalue weighted by Crippen LogP contribution is 2.16. The normalized spacial score (nSPS) is 13.9. The smallest absolute Gasteiger partial charge is 0.407 e. The third-order valence-corrected chi connectivity index (χ3v) is 6.22. The molecular formula is C30H49NO7. The number of aliphatic hydroxyl groups excluding tert-OH is 1. The van der Waals surface area contributed by atoms with Gasteiger partial charge < -0.3 is 25.0 Å². The Morgan fingerprint density at radius 1 is 0.895 bits per heavy atom. The quantitative estimate of drug-likeness (QED) is 0.170. The number of carboxylic acid groups (broad SMARTS) is 1. The largest absolute Gasteiger partial charge is 0.481 e. The number of aliphatic hydroxyl groups is 1. The van der Waals surface area contributed by atoms with Crippen molar-refractivity contribution in [1.82, 2.24) is 5.32 Å². The number of rotatable bonds is 20. The molecule has 0 aliphatic rings. The molecule has 1 aromatic carbocycles. The van der Waals surface area contributed by atoms with Gasteiger partial charge in [0.1, 0.15) is 11.4 Å². The molecule has 0 radical (unpaired) electrons. The van der Waals surface area contributed by atoms with Crippen LogP contribution < -0.4 is 5.32 Å². The number of amides is 1. The van der Waals surface area contributed by atoms with E-state index in [-0.39, 0.29) is 24.3 Å². The van der Waals surface area contributed by atoms with Gasteiger partial charge >= 0.3 is 12.1 Å². The Kier molecular flexibility index (Phi) is 16.6. The Morgan fingerprint density at radius 2 is 1.50 bits per heavy atom. The number of nitrogens with one attached hydrogen (secondary N) is 1. The van der Waals surface area contributed by atoms with Crippen molar-refractivity contribution in [1.29, 1.82) is 0 Å². The molecule has 0 aromatic heterocycles. The van der Waals surface area contributed by atoms with E-state index in [1.54, 1.807) is 0 Å². The first-order valence-corrected chi connectivity index (χ1v) is 14.0. The SMILES string of the molecule is C[C@H](NC(=O)OC(C)(C)C)[C@@H](CCC(=O)CCCCCCCCC[C@@H](O)CC(=O)O)OCc1ccccc1. The van der Waals surface area contributed by atoms with E-state index in [4.69, 9.17) is 14.6 Å². The van der Waals surface area contributed by atoms with Crippen LogP contribution in [-0.2, 0) is 25.7 Å². The minimum Gasteiger partial charge on any atom is -0.481 e. The first kappa shape index (κ1) is 33.6. The lowest BCUT2D eigenvalue weighted by Crippen LogP contribution is -2.44. The molecule has 0 aliphatic carbocycles. The highest BCUT2D eigenvalue weighted by molar-refractivity contribution is 5.78. The zero-order valence-electron chi connectivity index (χ0n) is 23.7. The monoisotopic (exact) mass is 535 g/mol. The third-order valence-electron chi connectivity index (χ3n) is 6.22. The van der Waals surface area contributed by atoms with Gasteiger partial charge in [-0.3, -0.25) is 9.59 Å². The molecule has 1 rings (SSSR count). The Hall–Kier alpha value is -2.45. The molecule has 3 N–H and O–H groups in total.